The highest BCUT2D eigenvalue weighted by molar-refractivity contribution is 5.74. The van der Waals surface area contributed by atoms with Crippen LogP contribution >= 0.6 is 0 Å². The highest BCUT2D eigenvalue weighted by atomic mass is 19.3. The highest BCUT2D eigenvalue weighted by Crippen LogP contribution is 2.42. The Morgan fingerprint density at radius 1 is 1.58 bits per heavy atom. The molecule has 0 radical (unpaired) electrons. The van der Waals surface area contributed by atoms with Crippen molar-refractivity contribution in [1.82, 2.24) is 15.6 Å². The summed E-state index contributed by atoms with van der Waals surface area (Å²) < 4.78 is 42.4. The van der Waals surface area contributed by atoms with E-state index >= 15 is 0 Å². The van der Waals surface area contributed by atoms with Gasteiger partial charge in [-0.1, -0.05) is 0 Å². The molecule has 2 aliphatic rings. The number of rotatable bonds is 5. The van der Waals surface area contributed by atoms with E-state index in [-0.39, 0.29) is 24.1 Å². The first-order valence-electron chi connectivity index (χ1n) is 8.51. The fourth-order valence-electron chi connectivity index (χ4n) is 3.16. The molecule has 1 aromatic rings. The van der Waals surface area contributed by atoms with Crippen LogP contribution < -0.4 is 15.4 Å². The summed E-state index contributed by atoms with van der Waals surface area (Å²) in [5, 5.41) is 3.63. The van der Waals surface area contributed by atoms with E-state index in [0.29, 0.717) is 12.2 Å². The fraction of sp³-hybridized carbons (Fsp3) is 0.625. The lowest BCUT2D eigenvalue weighted by Gasteiger charge is -2.47. The molecule has 2 heterocycles. The van der Waals surface area contributed by atoms with E-state index in [4.69, 9.17) is 6.15 Å². The summed E-state index contributed by atoms with van der Waals surface area (Å²) in [6, 6.07) is 2.31. The zero-order valence-electron chi connectivity index (χ0n) is 14.2. The first-order chi connectivity index (χ1) is 12.0. The molecule has 1 atom stereocenters. The second-order valence-corrected chi connectivity index (χ2v) is 6.22. The van der Waals surface area contributed by atoms with Crippen molar-refractivity contribution in [2.75, 3.05) is 6.61 Å². The molecule has 0 aromatic carbocycles. The van der Waals surface area contributed by atoms with Gasteiger partial charge in [-0.2, -0.15) is 8.78 Å². The molecule has 0 unspecified atom stereocenters. The zero-order valence-corrected chi connectivity index (χ0v) is 13.2. The van der Waals surface area contributed by atoms with Gasteiger partial charge in [0.2, 0.25) is 5.88 Å². The number of pyridine rings is 1. The smallest absolute Gasteiger partial charge is 0.388 e. The number of amides is 2. The Labute approximate surface area is 140 Å². The third-order valence-corrected chi connectivity index (χ3v) is 4.50. The van der Waals surface area contributed by atoms with E-state index < -0.39 is 12.6 Å². The molecule has 1 saturated carbocycles. The van der Waals surface area contributed by atoms with Crippen LogP contribution in [0.3, 0.4) is 0 Å². The largest absolute Gasteiger partial charge is 0.417 e. The average molecular weight is 342 g/mol. The van der Waals surface area contributed by atoms with Gasteiger partial charge in [0.25, 0.3) is 0 Å². The second kappa shape index (κ2) is 7.29. The first kappa shape index (κ1) is 15.6. The van der Waals surface area contributed by atoms with Crippen molar-refractivity contribution in [3.63, 3.8) is 0 Å². The molecule has 24 heavy (non-hydrogen) atoms. The quantitative estimate of drug-likeness (QED) is 0.863. The number of nitrogens with zero attached hydrogens (tertiary/aromatic N) is 1. The summed E-state index contributed by atoms with van der Waals surface area (Å²) in [5.41, 5.74) is 0.397. The van der Waals surface area contributed by atoms with Crippen LogP contribution in [0.1, 0.15) is 37.7 Å². The molecular weight excluding hydrogens is 320 g/mol. The first-order valence-corrected chi connectivity index (χ1v) is 8.06. The standard InChI is InChI=1S/C16H21F2N3O3/c17-14(18)24-13-8-11(2-6-19-13)10-20-15(22)21-12-3-7-23-16(9-12)4-1-5-16/h2,6,8,12,14H,1,3-5,7,9-10H2,(H2,20,21,22)/t12-/m1/s1/i/hD. The minimum Gasteiger partial charge on any atom is -0.417 e. The molecular formula is C16H21F2N3O3. The zero-order chi connectivity index (χ0) is 17.9. The number of hydrogen-bond acceptors (Lipinski definition) is 4. The second-order valence-electron chi connectivity index (χ2n) is 6.22. The van der Waals surface area contributed by atoms with Crippen molar-refractivity contribution in [2.45, 2.75) is 56.9 Å². The van der Waals surface area contributed by atoms with E-state index in [1.165, 1.54) is 12.3 Å². The van der Waals surface area contributed by atoms with E-state index in [0.717, 1.165) is 37.4 Å². The van der Waals surface area contributed by atoms with Crippen molar-refractivity contribution in [1.29, 1.82) is 0 Å². The predicted octanol–water partition coefficient (Wildman–Crippen LogP) is 2.58. The molecule has 1 saturated heterocycles. The highest BCUT2D eigenvalue weighted by Gasteiger charge is 2.42. The Morgan fingerprint density at radius 2 is 2.42 bits per heavy atom. The normalized spacial score (nSPS) is 22.6. The summed E-state index contributed by atoms with van der Waals surface area (Å²) in [6.07, 6.45) is 5.99. The molecule has 132 valence electrons. The minimum absolute atomic E-state index is 0.00966. The maximum absolute atomic E-state index is 12.2. The number of urea groups is 1. The summed E-state index contributed by atoms with van der Waals surface area (Å²) in [4.78, 5) is 15.9. The Balaban J connectivity index is 1.52. The molecule has 2 amide bonds. The van der Waals surface area contributed by atoms with Gasteiger partial charge in [-0.15, -0.1) is 0 Å². The van der Waals surface area contributed by atoms with Crippen LogP contribution in [0, 0.1) is 0 Å². The van der Waals surface area contributed by atoms with Crippen LogP contribution in [0.4, 0.5) is 13.6 Å². The predicted molar refractivity (Wildman–Crippen MR) is 81.8 cm³/mol. The number of carbonyl (C=O) groups excluding carboxylic acids is 1. The van der Waals surface area contributed by atoms with Crippen LogP contribution in [0.2, 0.25) is 1.41 Å². The number of nitrogens with one attached hydrogen (secondary N) is 2. The van der Waals surface area contributed by atoms with Gasteiger partial charge in [0.1, 0.15) is 0 Å². The van der Waals surface area contributed by atoms with E-state index in [2.05, 4.69) is 15.0 Å². The molecule has 1 aromatic heterocycles. The maximum Gasteiger partial charge on any atom is 0.388 e. The van der Waals surface area contributed by atoms with E-state index in [1.807, 2.05) is 0 Å². The van der Waals surface area contributed by atoms with Crippen molar-refractivity contribution in [2.24, 2.45) is 0 Å². The lowest BCUT2D eigenvalue weighted by atomic mass is 9.74. The Hall–Kier alpha value is -1.96. The van der Waals surface area contributed by atoms with Gasteiger partial charge in [-0.25, -0.2) is 9.78 Å². The lowest BCUT2D eigenvalue weighted by Crippen LogP contribution is -2.53. The Kier molecular flexibility index (Phi) is 4.73. The maximum atomic E-state index is 12.2. The average Bonchev–Trinajstić information content (AvgIpc) is 2.53. The number of alkyl halides is 2. The van der Waals surface area contributed by atoms with Gasteiger partial charge in [-0.3, -0.25) is 0 Å². The van der Waals surface area contributed by atoms with Crippen molar-refractivity contribution in [3.05, 3.63) is 23.9 Å². The molecule has 6 nitrogen and oxygen atoms in total. The topological polar surface area (TPSA) is 72.5 Å². The molecule has 2 fully saturated rings. The van der Waals surface area contributed by atoms with Crippen LogP contribution in [0.25, 0.3) is 0 Å². The van der Waals surface area contributed by atoms with Crippen LogP contribution in [-0.4, -0.2) is 35.9 Å². The van der Waals surface area contributed by atoms with Crippen molar-refractivity contribution in [3.8, 4) is 5.88 Å². The van der Waals surface area contributed by atoms with E-state index in [1.54, 1.807) is 6.07 Å². The molecule has 3 rings (SSSR count). The third-order valence-electron chi connectivity index (χ3n) is 4.50. The molecule has 1 spiro atoms. The summed E-state index contributed by atoms with van der Waals surface area (Å²) >= 11 is 0. The van der Waals surface area contributed by atoms with E-state index in [9.17, 15) is 13.6 Å². The molecule has 1 aliphatic carbocycles. The SMILES string of the molecule is [2H]N(Cc1ccnc(OC(F)F)c1)C(=O)N[C@@H]1CCOC2(CCC2)C1. The van der Waals surface area contributed by atoms with Crippen LogP contribution in [0.5, 0.6) is 5.88 Å². The van der Waals surface area contributed by atoms with Gasteiger partial charge < -0.3 is 20.1 Å². The lowest BCUT2D eigenvalue weighted by molar-refractivity contribution is -0.134. The van der Waals surface area contributed by atoms with Crippen LogP contribution in [-0.2, 0) is 11.3 Å². The Morgan fingerprint density at radius 3 is 3.12 bits per heavy atom. The monoisotopic (exact) mass is 342 g/mol. The number of carbonyl (C=O) groups is 1. The summed E-state index contributed by atoms with van der Waals surface area (Å²) in [7, 11) is 0. The van der Waals surface area contributed by atoms with Crippen LogP contribution in [0.15, 0.2) is 18.3 Å². The van der Waals surface area contributed by atoms with Gasteiger partial charge in [0, 0.05) is 31.5 Å². The van der Waals surface area contributed by atoms with Crippen molar-refractivity contribution >= 4 is 6.03 Å². The molecule has 8 heteroatoms. The molecule has 0 bridgehead atoms. The van der Waals surface area contributed by atoms with Gasteiger partial charge in [0.15, 0.2) is 1.41 Å². The summed E-state index contributed by atoms with van der Waals surface area (Å²) in [6.45, 7) is -2.41. The number of hydrogen-bond donors (Lipinski definition) is 2. The van der Waals surface area contributed by atoms with Gasteiger partial charge in [-0.05, 0) is 43.7 Å². The molecule has 2 N–H and O–H groups in total. The Bertz CT molecular complexity index is 616. The summed E-state index contributed by atoms with van der Waals surface area (Å²) in [5.74, 6) is -0.238. The third kappa shape index (κ3) is 4.31. The number of aromatic nitrogens is 1. The fourth-order valence-corrected chi connectivity index (χ4v) is 3.16. The van der Waals surface area contributed by atoms with Gasteiger partial charge in [0.05, 0.1) is 5.60 Å². The number of ether oxygens (including phenoxy) is 2. The van der Waals surface area contributed by atoms with Gasteiger partial charge >= 0.3 is 12.6 Å². The minimum atomic E-state index is -2.97. The number of halogens is 2. The van der Waals surface area contributed by atoms with Crippen molar-refractivity contribution < 1.29 is 24.5 Å². The molecule has 1 aliphatic heterocycles.